The number of amides is 1. The Bertz CT molecular complexity index is 241. The van der Waals surface area contributed by atoms with Crippen LogP contribution in [-0.2, 0) is 4.79 Å². The molecule has 1 N–H and O–H groups in total. The summed E-state index contributed by atoms with van der Waals surface area (Å²) in [4.78, 5) is 14.0. The summed E-state index contributed by atoms with van der Waals surface area (Å²) in [6, 6.07) is 0. The fourth-order valence-electron chi connectivity index (χ4n) is 2.99. The van der Waals surface area contributed by atoms with Crippen LogP contribution in [0.25, 0.3) is 0 Å². The third-order valence-electron chi connectivity index (χ3n) is 4.29. The van der Waals surface area contributed by atoms with E-state index in [9.17, 15) is 4.79 Å². The van der Waals surface area contributed by atoms with Crippen LogP contribution in [0.2, 0.25) is 0 Å². The summed E-state index contributed by atoms with van der Waals surface area (Å²) in [5, 5.41) is 3.11. The van der Waals surface area contributed by atoms with E-state index in [0.29, 0.717) is 6.54 Å². The van der Waals surface area contributed by atoms with Crippen molar-refractivity contribution < 1.29 is 4.79 Å². The van der Waals surface area contributed by atoms with E-state index in [0.717, 1.165) is 31.5 Å². The van der Waals surface area contributed by atoms with Gasteiger partial charge in [0.1, 0.15) is 0 Å². The number of rotatable bonds is 4. The van der Waals surface area contributed by atoms with Crippen LogP contribution in [0.4, 0.5) is 0 Å². The third-order valence-corrected chi connectivity index (χ3v) is 4.29. The van der Waals surface area contributed by atoms with Crippen molar-refractivity contribution in [2.75, 3.05) is 26.2 Å². The van der Waals surface area contributed by atoms with Crippen molar-refractivity contribution in [3.8, 4) is 0 Å². The van der Waals surface area contributed by atoms with Crippen molar-refractivity contribution in [1.82, 2.24) is 10.2 Å². The Labute approximate surface area is 105 Å². The van der Waals surface area contributed by atoms with E-state index < -0.39 is 0 Å². The summed E-state index contributed by atoms with van der Waals surface area (Å²) < 4.78 is 0. The average molecular weight is 238 g/mol. The second kappa shape index (κ2) is 6.39. The first kappa shape index (κ1) is 12.9. The molecule has 0 spiro atoms. The summed E-state index contributed by atoms with van der Waals surface area (Å²) in [5.41, 5.74) is 0. The summed E-state index contributed by atoms with van der Waals surface area (Å²) in [5.74, 6) is 1.85. The lowest BCUT2D eigenvalue weighted by molar-refractivity contribution is -0.122. The third kappa shape index (κ3) is 4.30. The van der Waals surface area contributed by atoms with Crippen molar-refractivity contribution >= 4 is 5.91 Å². The number of carbonyl (C=O) groups excluding carboxylic acids is 1. The Kier molecular flexibility index (Phi) is 4.84. The molecule has 0 unspecified atom stereocenters. The Morgan fingerprint density at radius 3 is 2.47 bits per heavy atom. The van der Waals surface area contributed by atoms with Gasteiger partial charge in [-0.1, -0.05) is 19.8 Å². The van der Waals surface area contributed by atoms with Gasteiger partial charge in [-0.15, -0.1) is 0 Å². The van der Waals surface area contributed by atoms with Crippen molar-refractivity contribution in [2.24, 2.45) is 11.8 Å². The fraction of sp³-hybridized carbons (Fsp3) is 0.929. The quantitative estimate of drug-likeness (QED) is 0.812. The van der Waals surface area contributed by atoms with E-state index in [4.69, 9.17) is 0 Å². The summed E-state index contributed by atoms with van der Waals surface area (Å²) in [6.45, 7) is 6.06. The smallest absolute Gasteiger partial charge is 0.234 e. The molecule has 0 aromatic carbocycles. The van der Waals surface area contributed by atoms with Crippen molar-refractivity contribution in [3.05, 3.63) is 0 Å². The molecule has 0 aromatic heterocycles. The maximum atomic E-state index is 11.8. The maximum Gasteiger partial charge on any atom is 0.234 e. The predicted molar refractivity (Wildman–Crippen MR) is 69.8 cm³/mol. The van der Waals surface area contributed by atoms with Crippen molar-refractivity contribution in [3.63, 3.8) is 0 Å². The number of nitrogens with one attached hydrogen (secondary N) is 1. The van der Waals surface area contributed by atoms with Crippen LogP contribution >= 0.6 is 0 Å². The Morgan fingerprint density at radius 2 is 1.82 bits per heavy atom. The summed E-state index contributed by atoms with van der Waals surface area (Å²) in [6.07, 6.45) is 7.79. The summed E-state index contributed by atoms with van der Waals surface area (Å²) >= 11 is 0. The molecule has 2 fully saturated rings. The van der Waals surface area contributed by atoms with Gasteiger partial charge in [0, 0.05) is 6.54 Å². The van der Waals surface area contributed by atoms with Crippen LogP contribution in [0.15, 0.2) is 0 Å². The first-order valence-electron chi connectivity index (χ1n) is 7.23. The molecule has 2 aliphatic rings. The highest BCUT2D eigenvalue weighted by Gasteiger charge is 2.19. The van der Waals surface area contributed by atoms with Gasteiger partial charge in [0.05, 0.1) is 6.54 Å². The maximum absolute atomic E-state index is 11.8. The van der Waals surface area contributed by atoms with Crippen LogP contribution in [0.3, 0.4) is 0 Å². The molecular formula is C14H26N2O. The van der Waals surface area contributed by atoms with Gasteiger partial charge in [0.2, 0.25) is 5.91 Å². The lowest BCUT2D eigenvalue weighted by atomic mass is 9.83. The van der Waals surface area contributed by atoms with Crippen LogP contribution in [0, 0.1) is 11.8 Å². The van der Waals surface area contributed by atoms with Crippen LogP contribution in [0.5, 0.6) is 0 Å². The van der Waals surface area contributed by atoms with E-state index in [1.165, 1.54) is 38.5 Å². The van der Waals surface area contributed by atoms with Crippen LogP contribution in [0.1, 0.15) is 45.4 Å². The Balaban J connectivity index is 1.59. The molecule has 0 radical (unpaired) electrons. The molecule has 1 saturated carbocycles. The highest BCUT2D eigenvalue weighted by molar-refractivity contribution is 5.78. The molecular weight excluding hydrogens is 212 g/mol. The number of carbonyl (C=O) groups is 1. The first-order chi connectivity index (χ1) is 8.24. The molecule has 3 heteroatoms. The van der Waals surface area contributed by atoms with Gasteiger partial charge in [-0.25, -0.2) is 0 Å². The SMILES string of the molecule is C[C@H]1CC[C@H](CNC(=O)CN2CCCC2)CC1. The lowest BCUT2D eigenvalue weighted by Gasteiger charge is -2.26. The fourth-order valence-corrected chi connectivity index (χ4v) is 2.99. The minimum Gasteiger partial charge on any atom is -0.355 e. The zero-order valence-electron chi connectivity index (χ0n) is 11.1. The molecule has 98 valence electrons. The van der Waals surface area contributed by atoms with Gasteiger partial charge in [-0.3, -0.25) is 9.69 Å². The molecule has 1 amide bonds. The minimum absolute atomic E-state index is 0.227. The second-order valence-corrected chi connectivity index (χ2v) is 5.91. The largest absolute Gasteiger partial charge is 0.355 e. The normalized spacial score (nSPS) is 30.4. The highest BCUT2D eigenvalue weighted by Crippen LogP contribution is 2.27. The lowest BCUT2D eigenvalue weighted by Crippen LogP contribution is -2.38. The minimum atomic E-state index is 0.227. The average Bonchev–Trinajstić information content (AvgIpc) is 2.81. The standard InChI is InChI=1S/C14H26N2O/c1-12-4-6-13(7-5-12)10-15-14(17)11-16-8-2-3-9-16/h12-13H,2-11H2,1H3,(H,15,17)/t12-,13-. The topological polar surface area (TPSA) is 32.3 Å². The van der Waals surface area contributed by atoms with E-state index in [2.05, 4.69) is 17.1 Å². The molecule has 1 saturated heterocycles. The van der Waals surface area contributed by atoms with Gasteiger partial charge < -0.3 is 5.32 Å². The van der Waals surface area contributed by atoms with E-state index >= 15 is 0 Å². The van der Waals surface area contributed by atoms with Gasteiger partial charge in [-0.05, 0) is 50.6 Å². The number of nitrogens with zero attached hydrogens (tertiary/aromatic N) is 1. The zero-order chi connectivity index (χ0) is 12.1. The number of likely N-dealkylation sites (tertiary alicyclic amines) is 1. The van der Waals surface area contributed by atoms with E-state index in [1.54, 1.807) is 0 Å². The first-order valence-corrected chi connectivity index (χ1v) is 7.23. The van der Waals surface area contributed by atoms with E-state index in [-0.39, 0.29) is 5.91 Å². The number of hydrogen-bond donors (Lipinski definition) is 1. The van der Waals surface area contributed by atoms with Gasteiger partial charge in [0.15, 0.2) is 0 Å². The van der Waals surface area contributed by atoms with E-state index in [1.807, 2.05) is 0 Å². The second-order valence-electron chi connectivity index (χ2n) is 5.91. The Morgan fingerprint density at radius 1 is 1.18 bits per heavy atom. The highest BCUT2D eigenvalue weighted by atomic mass is 16.2. The predicted octanol–water partition coefficient (Wildman–Crippen LogP) is 2.02. The molecule has 17 heavy (non-hydrogen) atoms. The molecule has 1 aliphatic carbocycles. The van der Waals surface area contributed by atoms with Crippen LogP contribution in [-0.4, -0.2) is 37.0 Å². The molecule has 1 aliphatic heterocycles. The van der Waals surface area contributed by atoms with Crippen molar-refractivity contribution in [2.45, 2.75) is 45.4 Å². The Hall–Kier alpha value is -0.570. The molecule has 0 aromatic rings. The van der Waals surface area contributed by atoms with Gasteiger partial charge >= 0.3 is 0 Å². The number of hydrogen-bond acceptors (Lipinski definition) is 2. The molecule has 1 heterocycles. The van der Waals surface area contributed by atoms with Gasteiger partial charge in [0.25, 0.3) is 0 Å². The molecule has 2 rings (SSSR count). The zero-order valence-corrected chi connectivity index (χ0v) is 11.1. The molecule has 3 nitrogen and oxygen atoms in total. The van der Waals surface area contributed by atoms with Crippen LogP contribution < -0.4 is 5.32 Å². The van der Waals surface area contributed by atoms with Crippen molar-refractivity contribution in [1.29, 1.82) is 0 Å². The molecule has 0 atom stereocenters. The van der Waals surface area contributed by atoms with Gasteiger partial charge in [-0.2, -0.15) is 0 Å². The monoisotopic (exact) mass is 238 g/mol. The molecule has 0 bridgehead atoms. The summed E-state index contributed by atoms with van der Waals surface area (Å²) in [7, 11) is 0.